The van der Waals surface area contributed by atoms with Crippen LogP contribution in [0.15, 0.2) is 24.3 Å². The van der Waals surface area contributed by atoms with Crippen LogP contribution in [-0.2, 0) is 10.2 Å². The van der Waals surface area contributed by atoms with Crippen LogP contribution in [-0.4, -0.2) is 30.8 Å². The van der Waals surface area contributed by atoms with Gasteiger partial charge >= 0.3 is 0 Å². The van der Waals surface area contributed by atoms with Crippen molar-refractivity contribution in [2.75, 3.05) is 13.7 Å². The molecule has 2 N–H and O–H groups in total. The van der Waals surface area contributed by atoms with Gasteiger partial charge < -0.3 is 15.2 Å². The Kier molecular flexibility index (Phi) is 4.90. The van der Waals surface area contributed by atoms with E-state index in [0.717, 1.165) is 37.9 Å². The summed E-state index contributed by atoms with van der Waals surface area (Å²) in [7, 11) is 1.68. The van der Waals surface area contributed by atoms with Gasteiger partial charge in [0, 0.05) is 12.0 Å². The number of methoxy groups -OCH3 is 1. The van der Waals surface area contributed by atoms with Gasteiger partial charge in [-0.3, -0.25) is 4.79 Å². The maximum absolute atomic E-state index is 12.4. The number of hydrogen-bond acceptors (Lipinski definition) is 3. The first-order valence-electron chi connectivity index (χ1n) is 8.75. The van der Waals surface area contributed by atoms with Crippen molar-refractivity contribution in [1.82, 2.24) is 5.32 Å². The van der Waals surface area contributed by atoms with E-state index in [2.05, 4.69) is 17.4 Å². The third-order valence-corrected chi connectivity index (χ3v) is 5.66. The van der Waals surface area contributed by atoms with Crippen molar-refractivity contribution < 1.29 is 14.6 Å². The molecule has 0 aromatic heterocycles. The van der Waals surface area contributed by atoms with E-state index in [1.165, 1.54) is 18.4 Å². The lowest BCUT2D eigenvalue weighted by Crippen LogP contribution is -2.43. The van der Waals surface area contributed by atoms with Gasteiger partial charge in [0.05, 0.1) is 19.1 Å². The summed E-state index contributed by atoms with van der Waals surface area (Å²) in [6.07, 6.45) is 6.60. The van der Waals surface area contributed by atoms with E-state index in [0.29, 0.717) is 6.54 Å². The fraction of sp³-hybridized carbons (Fsp3) is 0.632. The Morgan fingerprint density at radius 1 is 1.30 bits per heavy atom. The third kappa shape index (κ3) is 3.37. The number of benzene rings is 1. The maximum Gasteiger partial charge on any atom is 0.225 e. The molecule has 0 aliphatic heterocycles. The van der Waals surface area contributed by atoms with Gasteiger partial charge in [-0.15, -0.1) is 0 Å². The molecule has 0 spiro atoms. The Bertz CT molecular complexity index is 551. The highest BCUT2D eigenvalue weighted by Gasteiger charge is 2.38. The van der Waals surface area contributed by atoms with E-state index >= 15 is 0 Å². The summed E-state index contributed by atoms with van der Waals surface area (Å²) in [6.45, 7) is 0.655. The van der Waals surface area contributed by atoms with E-state index in [1.807, 2.05) is 12.1 Å². The summed E-state index contributed by atoms with van der Waals surface area (Å²) in [5.74, 6) is 0.661. The molecular weight excluding hydrogens is 290 g/mol. The average Bonchev–Trinajstić information content (AvgIpc) is 3.22. The zero-order valence-corrected chi connectivity index (χ0v) is 13.9. The molecule has 4 heteroatoms. The number of carbonyl (C=O) groups excluding carboxylic acids is 1. The van der Waals surface area contributed by atoms with Crippen LogP contribution in [0.2, 0.25) is 0 Å². The molecule has 2 aliphatic rings. The molecule has 2 fully saturated rings. The summed E-state index contributed by atoms with van der Waals surface area (Å²) in [5, 5.41) is 13.1. The molecule has 1 aromatic carbocycles. The molecule has 23 heavy (non-hydrogen) atoms. The first-order valence-corrected chi connectivity index (χ1v) is 8.75. The molecule has 1 amide bonds. The minimum Gasteiger partial charge on any atom is -0.497 e. The highest BCUT2D eigenvalue weighted by atomic mass is 16.5. The van der Waals surface area contributed by atoms with Crippen LogP contribution in [0.25, 0.3) is 0 Å². The second-order valence-corrected chi connectivity index (χ2v) is 7.04. The quantitative estimate of drug-likeness (QED) is 0.878. The van der Waals surface area contributed by atoms with Gasteiger partial charge in [0.15, 0.2) is 0 Å². The minimum atomic E-state index is -0.466. The van der Waals surface area contributed by atoms with Crippen LogP contribution in [0.4, 0.5) is 0 Å². The Morgan fingerprint density at radius 3 is 2.74 bits per heavy atom. The lowest BCUT2D eigenvalue weighted by atomic mass is 9.78. The summed E-state index contributed by atoms with van der Waals surface area (Å²) in [5.41, 5.74) is 1.26. The molecule has 0 bridgehead atoms. The van der Waals surface area contributed by atoms with Crippen LogP contribution in [0, 0.1) is 5.92 Å². The number of carbonyl (C=O) groups is 1. The normalized spacial score (nSPS) is 26.2. The molecule has 0 heterocycles. The standard InChI is InChI=1S/C19H27NO3/c1-23-15-7-4-6-14(12-15)19(10-2-3-11-19)13-20-18(22)16-8-5-9-17(16)21/h4,6-7,12,16-17,21H,2-3,5,8-11,13H2,1H3,(H,20,22). The smallest absolute Gasteiger partial charge is 0.225 e. The van der Waals surface area contributed by atoms with Gasteiger partial charge in [-0.2, -0.15) is 0 Å². The first kappa shape index (κ1) is 16.3. The van der Waals surface area contributed by atoms with Crippen molar-refractivity contribution in [2.45, 2.75) is 56.5 Å². The second kappa shape index (κ2) is 6.91. The fourth-order valence-corrected chi connectivity index (χ4v) is 4.21. The summed E-state index contributed by atoms with van der Waals surface area (Å²) >= 11 is 0. The molecule has 4 nitrogen and oxygen atoms in total. The van der Waals surface area contributed by atoms with Crippen LogP contribution in [0.3, 0.4) is 0 Å². The number of ether oxygens (including phenoxy) is 1. The van der Waals surface area contributed by atoms with Crippen LogP contribution < -0.4 is 10.1 Å². The summed E-state index contributed by atoms with van der Waals surface area (Å²) < 4.78 is 5.36. The molecule has 0 saturated heterocycles. The molecule has 2 atom stereocenters. The maximum atomic E-state index is 12.4. The van der Waals surface area contributed by atoms with Gasteiger partial charge in [-0.1, -0.05) is 25.0 Å². The predicted octanol–water partition coefficient (Wildman–Crippen LogP) is 2.78. The highest BCUT2D eigenvalue weighted by molar-refractivity contribution is 5.79. The van der Waals surface area contributed by atoms with Gasteiger partial charge in [0.1, 0.15) is 5.75 Å². The Hall–Kier alpha value is -1.55. The monoisotopic (exact) mass is 317 g/mol. The lowest BCUT2D eigenvalue weighted by molar-refractivity contribution is -0.127. The zero-order valence-electron chi connectivity index (χ0n) is 13.9. The van der Waals surface area contributed by atoms with Crippen LogP contribution in [0.1, 0.15) is 50.5 Å². The van der Waals surface area contributed by atoms with Gasteiger partial charge in [0.25, 0.3) is 0 Å². The van der Waals surface area contributed by atoms with Crippen molar-refractivity contribution in [3.63, 3.8) is 0 Å². The molecule has 2 saturated carbocycles. The largest absolute Gasteiger partial charge is 0.497 e. The molecule has 126 valence electrons. The van der Waals surface area contributed by atoms with Crippen molar-refractivity contribution >= 4 is 5.91 Å². The van der Waals surface area contributed by atoms with Gasteiger partial charge in [0.2, 0.25) is 5.91 Å². The molecule has 2 unspecified atom stereocenters. The van der Waals surface area contributed by atoms with Crippen molar-refractivity contribution in [3.05, 3.63) is 29.8 Å². The number of nitrogens with one attached hydrogen (secondary N) is 1. The van der Waals surface area contributed by atoms with Crippen LogP contribution in [0.5, 0.6) is 5.75 Å². The van der Waals surface area contributed by atoms with Crippen molar-refractivity contribution in [3.8, 4) is 5.75 Å². The Balaban J connectivity index is 1.72. The van der Waals surface area contributed by atoms with E-state index in [4.69, 9.17) is 4.74 Å². The molecule has 3 rings (SSSR count). The highest BCUT2D eigenvalue weighted by Crippen LogP contribution is 2.41. The van der Waals surface area contributed by atoms with E-state index in [-0.39, 0.29) is 17.2 Å². The number of amides is 1. The fourth-order valence-electron chi connectivity index (χ4n) is 4.21. The van der Waals surface area contributed by atoms with Crippen LogP contribution >= 0.6 is 0 Å². The molecular formula is C19H27NO3. The SMILES string of the molecule is COc1cccc(C2(CNC(=O)C3CCCC3O)CCCC2)c1. The molecule has 1 aromatic rings. The molecule has 0 radical (unpaired) electrons. The lowest BCUT2D eigenvalue weighted by Gasteiger charge is -2.31. The van der Waals surface area contributed by atoms with Crippen molar-refractivity contribution in [1.29, 1.82) is 0 Å². The Labute approximate surface area is 138 Å². The summed E-state index contributed by atoms with van der Waals surface area (Å²) in [6, 6.07) is 8.22. The van der Waals surface area contributed by atoms with Gasteiger partial charge in [-0.25, -0.2) is 0 Å². The van der Waals surface area contributed by atoms with Gasteiger partial charge in [-0.05, 0) is 49.8 Å². The number of aliphatic hydroxyl groups is 1. The second-order valence-electron chi connectivity index (χ2n) is 7.04. The van der Waals surface area contributed by atoms with E-state index in [9.17, 15) is 9.90 Å². The predicted molar refractivity (Wildman–Crippen MR) is 89.5 cm³/mol. The topological polar surface area (TPSA) is 58.6 Å². The Morgan fingerprint density at radius 2 is 2.09 bits per heavy atom. The summed E-state index contributed by atoms with van der Waals surface area (Å²) in [4.78, 5) is 12.4. The first-order chi connectivity index (χ1) is 11.1. The third-order valence-electron chi connectivity index (χ3n) is 5.66. The van der Waals surface area contributed by atoms with E-state index in [1.54, 1.807) is 7.11 Å². The van der Waals surface area contributed by atoms with Crippen molar-refractivity contribution in [2.24, 2.45) is 5.92 Å². The van der Waals surface area contributed by atoms with E-state index < -0.39 is 6.10 Å². The molecule has 2 aliphatic carbocycles. The zero-order chi connectivity index (χ0) is 16.3. The number of aliphatic hydroxyl groups excluding tert-OH is 1. The number of rotatable bonds is 5. The average molecular weight is 317 g/mol. The minimum absolute atomic E-state index is 0.00770. The number of hydrogen-bond donors (Lipinski definition) is 2.